The number of halogens is 2. The van der Waals surface area contributed by atoms with Gasteiger partial charge in [-0.2, -0.15) is 5.10 Å². The Kier molecular flexibility index (Phi) is 4.80. The van der Waals surface area contributed by atoms with Gasteiger partial charge in [0, 0.05) is 30.9 Å². The molecule has 0 aliphatic carbocycles. The Morgan fingerprint density at radius 3 is 2.68 bits per heavy atom. The van der Waals surface area contributed by atoms with Crippen LogP contribution in [-0.4, -0.2) is 28.4 Å². The van der Waals surface area contributed by atoms with Gasteiger partial charge in [0.1, 0.15) is 0 Å². The van der Waals surface area contributed by atoms with Gasteiger partial charge in [0.15, 0.2) is 0 Å². The highest BCUT2D eigenvalue weighted by Gasteiger charge is 2.42. The van der Waals surface area contributed by atoms with Crippen LogP contribution in [0.25, 0.3) is 0 Å². The quantitative estimate of drug-likeness (QED) is 0.776. The smallest absolute Gasteiger partial charge is 0.0850 e. The second-order valence-corrected chi connectivity index (χ2v) is 5.96. The summed E-state index contributed by atoms with van der Waals surface area (Å²) in [5.41, 5.74) is 2.08. The van der Waals surface area contributed by atoms with Gasteiger partial charge in [0.05, 0.1) is 22.5 Å². The van der Waals surface area contributed by atoms with E-state index in [9.17, 15) is 0 Å². The normalized spacial score (nSPS) is 27.1. The van der Waals surface area contributed by atoms with Gasteiger partial charge in [-0.15, -0.1) is 11.6 Å². The Morgan fingerprint density at radius 1 is 1.47 bits per heavy atom. The fourth-order valence-electron chi connectivity index (χ4n) is 2.79. The zero-order valence-electron chi connectivity index (χ0n) is 11.9. The van der Waals surface area contributed by atoms with Gasteiger partial charge in [-0.05, 0) is 26.7 Å². The lowest BCUT2D eigenvalue weighted by molar-refractivity contribution is 0.0726. The van der Waals surface area contributed by atoms with Crippen LogP contribution in [0.4, 0.5) is 0 Å². The van der Waals surface area contributed by atoms with Gasteiger partial charge in [-0.3, -0.25) is 4.68 Å². The molecule has 1 aromatic heterocycles. The largest absolute Gasteiger partial charge is 0.378 e. The second-order valence-electron chi connectivity index (χ2n) is 5.31. The Bertz CT molecular complexity index is 447. The van der Waals surface area contributed by atoms with E-state index in [0.29, 0.717) is 5.88 Å². The average molecular weight is 305 g/mol. The Morgan fingerprint density at radius 2 is 2.21 bits per heavy atom. The SMILES string of the molecule is CCc1nn(CC)c(CC2(CCl)CCOC2C)c1Cl. The van der Waals surface area contributed by atoms with Gasteiger partial charge >= 0.3 is 0 Å². The van der Waals surface area contributed by atoms with E-state index in [1.54, 1.807) is 0 Å². The van der Waals surface area contributed by atoms with E-state index in [2.05, 4.69) is 25.9 Å². The lowest BCUT2D eigenvalue weighted by atomic mass is 9.79. The number of ether oxygens (including phenoxy) is 1. The third-order valence-corrected chi connectivity index (χ3v) is 5.28. The topological polar surface area (TPSA) is 27.1 Å². The number of aromatic nitrogens is 2. The molecule has 0 saturated carbocycles. The molecule has 2 atom stereocenters. The number of aryl methyl sites for hydroxylation is 2. The molecule has 1 aliphatic rings. The Balaban J connectivity index is 2.34. The summed E-state index contributed by atoms with van der Waals surface area (Å²) >= 11 is 12.7. The van der Waals surface area contributed by atoms with Crippen LogP contribution >= 0.6 is 23.2 Å². The molecule has 1 fully saturated rings. The van der Waals surface area contributed by atoms with E-state index >= 15 is 0 Å². The number of rotatable bonds is 5. The van der Waals surface area contributed by atoms with E-state index in [-0.39, 0.29) is 11.5 Å². The third kappa shape index (κ3) is 2.65. The van der Waals surface area contributed by atoms with E-state index in [1.807, 2.05) is 4.68 Å². The Labute approximate surface area is 125 Å². The van der Waals surface area contributed by atoms with Crippen LogP contribution in [-0.2, 0) is 24.1 Å². The van der Waals surface area contributed by atoms with Crippen molar-refractivity contribution in [3.63, 3.8) is 0 Å². The molecule has 0 spiro atoms. The first-order chi connectivity index (χ1) is 9.07. The van der Waals surface area contributed by atoms with Crippen molar-refractivity contribution >= 4 is 23.2 Å². The number of hydrogen-bond acceptors (Lipinski definition) is 2. The summed E-state index contributed by atoms with van der Waals surface area (Å²) in [6.45, 7) is 7.90. The summed E-state index contributed by atoms with van der Waals surface area (Å²) in [6, 6.07) is 0. The van der Waals surface area contributed by atoms with Crippen LogP contribution in [0.5, 0.6) is 0 Å². The third-order valence-electron chi connectivity index (χ3n) is 4.31. The fourth-order valence-corrected chi connectivity index (χ4v) is 3.57. The molecule has 108 valence electrons. The molecular formula is C14H22Cl2N2O. The van der Waals surface area contributed by atoms with Crippen LogP contribution in [0.3, 0.4) is 0 Å². The van der Waals surface area contributed by atoms with Gasteiger partial charge in [0.25, 0.3) is 0 Å². The van der Waals surface area contributed by atoms with Crippen LogP contribution in [0.15, 0.2) is 0 Å². The highest BCUT2D eigenvalue weighted by Crippen LogP contribution is 2.41. The molecule has 1 aromatic rings. The predicted molar refractivity (Wildman–Crippen MR) is 79.2 cm³/mol. The summed E-state index contributed by atoms with van der Waals surface area (Å²) in [5, 5.41) is 5.39. The van der Waals surface area contributed by atoms with Crippen molar-refractivity contribution < 1.29 is 4.74 Å². The first-order valence-corrected chi connectivity index (χ1v) is 7.90. The first-order valence-electron chi connectivity index (χ1n) is 6.99. The maximum atomic E-state index is 6.49. The van der Waals surface area contributed by atoms with E-state index in [0.717, 1.165) is 48.8 Å². The Hall–Kier alpha value is -0.250. The molecule has 5 heteroatoms. The summed E-state index contributed by atoms with van der Waals surface area (Å²) in [5.74, 6) is 0.598. The van der Waals surface area contributed by atoms with Gasteiger partial charge < -0.3 is 4.74 Å². The van der Waals surface area contributed by atoms with Gasteiger partial charge in [-0.1, -0.05) is 18.5 Å². The molecular weight excluding hydrogens is 283 g/mol. The second kappa shape index (κ2) is 6.02. The molecule has 0 amide bonds. The highest BCUT2D eigenvalue weighted by molar-refractivity contribution is 6.31. The molecule has 2 heterocycles. The number of nitrogens with zero attached hydrogens (tertiary/aromatic N) is 2. The molecule has 0 N–H and O–H groups in total. The molecule has 3 nitrogen and oxygen atoms in total. The van der Waals surface area contributed by atoms with Crippen LogP contribution in [0.2, 0.25) is 5.02 Å². The maximum Gasteiger partial charge on any atom is 0.0850 e. The van der Waals surface area contributed by atoms with Crippen LogP contribution < -0.4 is 0 Å². The summed E-state index contributed by atoms with van der Waals surface area (Å²) in [7, 11) is 0. The zero-order valence-corrected chi connectivity index (χ0v) is 13.4. The molecule has 2 rings (SSSR count). The lowest BCUT2D eigenvalue weighted by Crippen LogP contribution is -2.34. The van der Waals surface area contributed by atoms with Crippen molar-refractivity contribution in [1.29, 1.82) is 0 Å². The van der Waals surface area contributed by atoms with E-state index in [1.165, 1.54) is 0 Å². The summed E-state index contributed by atoms with van der Waals surface area (Å²) in [4.78, 5) is 0. The lowest BCUT2D eigenvalue weighted by Gasteiger charge is -2.30. The minimum Gasteiger partial charge on any atom is -0.378 e. The molecule has 2 unspecified atom stereocenters. The van der Waals surface area contributed by atoms with Crippen LogP contribution in [0.1, 0.15) is 38.6 Å². The van der Waals surface area contributed by atoms with Crippen molar-refractivity contribution in [2.45, 2.75) is 52.7 Å². The van der Waals surface area contributed by atoms with E-state index in [4.69, 9.17) is 27.9 Å². The molecule has 0 aromatic carbocycles. The van der Waals surface area contributed by atoms with Crippen molar-refractivity contribution in [1.82, 2.24) is 9.78 Å². The summed E-state index contributed by atoms with van der Waals surface area (Å²) < 4.78 is 7.74. The first kappa shape index (κ1) is 15.1. The fraction of sp³-hybridized carbons (Fsp3) is 0.786. The van der Waals surface area contributed by atoms with Gasteiger partial charge in [0.2, 0.25) is 0 Å². The minimum absolute atomic E-state index is 0.0108. The molecule has 0 radical (unpaired) electrons. The van der Waals surface area contributed by atoms with E-state index < -0.39 is 0 Å². The standard InChI is InChI=1S/C14H22Cl2N2O/c1-4-11-13(16)12(18(5-2)17-11)8-14(9-15)6-7-19-10(14)3/h10H,4-9H2,1-3H3. The zero-order chi connectivity index (χ0) is 14.0. The highest BCUT2D eigenvalue weighted by atomic mass is 35.5. The molecule has 1 saturated heterocycles. The van der Waals surface area contributed by atoms with Crippen molar-refractivity contribution in [3.05, 3.63) is 16.4 Å². The molecule has 1 aliphatic heterocycles. The molecule has 19 heavy (non-hydrogen) atoms. The molecule has 0 bridgehead atoms. The van der Waals surface area contributed by atoms with Crippen molar-refractivity contribution in [2.75, 3.05) is 12.5 Å². The maximum absolute atomic E-state index is 6.49. The van der Waals surface area contributed by atoms with Gasteiger partial charge in [-0.25, -0.2) is 0 Å². The van der Waals surface area contributed by atoms with Crippen molar-refractivity contribution in [3.8, 4) is 0 Å². The minimum atomic E-state index is -0.0108. The van der Waals surface area contributed by atoms with Crippen molar-refractivity contribution in [2.24, 2.45) is 5.41 Å². The average Bonchev–Trinajstić information content (AvgIpc) is 2.93. The summed E-state index contributed by atoms with van der Waals surface area (Å²) in [6.07, 6.45) is 2.87. The number of hydrogen-bond donors (Lipinski definition) is 0. The monoisotopic (exact) mass is 304 g/mol. The number of alkyl halides is 1. The predicted octanol–water partition coefficient (Wildman–Crippen LogP) is 3.70. The van der Waals surface area contributed by atoms with Crippen LogP contribution in [0, 0.1) is 5.41 Å².